The second kappa shape index (κ2) is 4.41. The second-order valence-electron chi connectivity index (χ2n) is 5.08. The lowest BCUT2D eigenvalue weighted by Gasteiger charge is -2.25. The van der Waals surface area contributed by atoms with Crippen molar-refractivity contribution in [3.8, 4) is 0 Å². The highest BCUT2D eigenvalue weighted by molar-refractivity contribution is 5.84. The lowest BCUT2D eigenvalue weighted by atomic mass is 9.89. The second-order valence-corrected chi connectivity index (χ2v) is 5.08. The number of nitrogens with two attached hydrogens (primary N) is 2. The van der Waals surface area contributed by atoms with Crippen LogP contribution in [0.1, 0.15) is 27.2 Å². The Labute approximate surface area is 96.1 Å². The molecule has 0 aromatic rings. The summed E-state index contributed by atoms with van der Waals surface area (Å²) in [6.45, 7) is 6.44. The highest BCUT2D eigenvalue weighted by atomic mass is 16.2. The van der Waals surface area contributed by atoms with Gasteiger partial charge in [0.15, 0.2) is 0 Å². The Hall–Kier alpha value is -1.10. The molecule has 1 aliphatic heterocycles. The first-order chi connectivity index (χ1) is 7.28. The summed E-state index contributed by atoms with van der Waals surface area (Å²) in [6.07, 6.45) is 0.639. The quantitative estimate of drug-likeness (QED) is 0.693. The summed E-state index contributed by atoms with van der Waals surface area (Å²) in [5, 5.41) is 0. The van der Waals surface area contributed by atoms with E-state index in [0.29, 0.717) is 19.5 Å². The number of nitrogens with zero attached hydrogens (tertiary/aromatic N) is 1. The number of likely N-dealkylation sites (tertiary alicyclic amines) is 1. The third kappa shape index (κ3) is 2.35. The van der Waals surface area contributed by atoms with Gasteiger partial charge in [0.1, 0.15) is 0 Å². The van der Waals surface area contributed by atoms with Gasteiger partial charge in [0, 0.05) is 19.1 Å². The normalized spacial score (nSPS) is 28.9. The SMILES string of the molecule is CC(N)C(C)C(=O)N1CCC(C)(C(N)=O)C1. The van der Waals surface area contributed by atoms with Crippen LogP contribution in [0.15, 0.2) is 0 Å². The van der Waals surface area contributed by atoms with Crippen molar-refractivity contribution in [3.63, 3.8) is 0 Å². The molecule has 1 fully saturated rings. The maximum absolute atomic E-state index is 12.0. The number of amides is 2. The van der Waals surface area contributed by atoms with E-state index in [9.17, 15) is 9.59 Å². The summed E-state index contributed by atoms with van der Waals surface area (Å²) in [7, 11) is 0. The van der Waals surface area contributed by atoms with Crippen LogP contribution in [0.5, 0.6) is 0 Å². The molecule has 0 saturated carbocycles. The van der Waals surface area contributed by atoms with Gasteiger partial charge in [-0.15, -0.1) is 0 Å². The van der Waals surface area contributed by atoms with Gasteiger partial charge in [-0.2, -0.15) is 0 Å². The zero-order valence-corrected chi connectivity index (χ0v) is 10.2. The zero-order valence-electron chi connectivity index (χ0n) is 10.2. The minimum atomic E-state index is -0.576. The van der Waals surface area contributed by atoms with E-state index in [4.69, 9.17) is 11.5 Å². The predicted molar refractivity (Wildman–Crippen MR) is 61.3 cm³/mol. The molecule has 5 nitrogen and oxygen atoms in total. The molecule has 2 amide bonds. The first kappa shape index (κ1) is 13.0. The van der Waals surface area contributed by atoms with Crippen LogP contribution in [0.3, 0.4) is 0 Å². The molecular weight excluding hydrogens is 206 g/mol. The van der Waals surface area contributed by atoms with Crippen LogP contribution in [-0.4, -0.2) is 35.8 Å². The third-order valence-corrected chi connectivity index (χ3v) is 3.56. The van der Waals surface area contributed by atoms with Crippen molar-refractivity contribution in [1.29, 1.82) is 0 Å². The van der Waals surface area contributed by atoms with Gasteiger partial charge >= 0.3 is 0 Å². The minimum absolute atomic E-state index is 0.0139. The summed E-state index contributed by atoms with van der Waals surface area (Å²) >= 11 is 0. The largest absolute Gasteiger partial charge is 0.369 e. The van der Waals surface area contributed by atoms with Gasteiger partial charge in [-0.25, -0.2) is 0 Å². The average Bonchev–Trinajstić information content (AvgIpc) is 2.60. The van der Waals surface area contributed by atoms with Crippen LogP contribution in [0.25, 0.3) is 0 Å². The molecule has 3 atom stereocenters. The number of primary amides is 1. The standard InChI is InChI=1S/C11H21N3O2/c1-7(8(2)12)9(15)14-5-4-11(3,6-14)10(13)16/h7-8H,4-6,12H2,1-3H3,(H2,13,16). The first-order valence-electron chi connectivity index (χ1n) is 5.62. The van der Waals surface area contributed by atoms with E-state index >= 15 is 0 Å². The van der Waals surface area contributed by atoms with Crippen molar-refractivity contribution in [2.24, 2.45) is 22.8 Å². The van der Waals surface area contributed by atoms with E-state index in [0.717, 1.165) is 0 Å². The van der Waals surface area contributed by atoms with E-state index in [-0.39, 0.29) is 23.8 Å². The van der Waals surface area contributed by atoms with E-state index in [1.807, 2.05) is 13.8 Å². The lowest BCUT2D eigenvalue weighted by Crippen LogP contribution is -2.43. The Morgan fingerprint density at radius 2 is 1.94 bits per heavy atom. The van der Waals surface area contributed by atoms with Crippen molar-refractivity contribution in [2.75, 3.05) is 13.1 Å². The molecule has 0 aromatic carbocycles. The molecule has 0 spiro atoms. The summed E-state index contributed by atoms with van der Waals surface area (Å²) in [4.78, 5) is 24.9. The highest BCUT2D eigenvalue weighted by Crippen LogP contribution is 2.30. The zero-order chi connectivity index (χ0) is 12.5. The molecule has 1 aliphatic rings. The van der Waals surface area contributed by atoms with Gasteiger partial charge in [0.25, 0.3) is 0 Å². The summed E-state index contributed by atoms with van der Waals surface area (Å²) in [5.41, 5.74) is 10.4. The number of carbonyl (C=O) groups is 2. The first-order valence-corrected chi connectivity index (χ1v) is 5.62. The van der Waals surface area contributed by atoms with Crippen LogP contribution in [0, 0.1) is 11.3 Å². The van der Waals surface area contributed by atoms with Crippen LogP contribution in [-0.2, 0) is 9.59 Å². The summed E-state index contributed by atoms with van der Waals surface area (Å²) in [6, 6.07) is -0.173. The minimum Gasteiger partial charge on any atom is -0.369 e. The van der Waals surface area contributed by atoms with E-state index in [2.05, 4.69) is 0 Å². The van der Waals surface area contributed by atoms with Crippen LogP contribution in [0.4, 0.5) is 0 Å². The van der Waals surface area contributed by atoms with Crippen LogP contribution in [0.2, 0.25) is 0 Å². The van der Waals surface area contributed by atoms with Crippen molar-refractivity contribution in [3.05, 3.63) is 0 Å². The van der Waals surface area contributed by atoms with Gasteiger partial charge in [-0.3, -0.25) is 9.59 Å². The van der Waals surface area contributed by atoms with E-state index in [1.54, 1.807) is 11.8 Å². The molecule has 1 rings (SSSR count). The topological polar surface area (TPSA) is 89.4 Å². The average molecular weight is 227 g/mol. The molecule has 3 unspecified atom stereocenters. The highest BCUT2D eigenvalue weighted by Gasteiger charge is 2.41. The molecule has 1 heterocycles. The van der Waals surface area contributed by atoms with Gasteiger partial charge < -0.3 is 16.4 Å². The number of hydrogen-bond donors (Lipinski definition) is 2. The Morgan fingerprint density at radius 1 is 1.38 bits per heavy atom. The molecule has 0 radical (unpaired) electrons. The predicted octanol–water partition coefficient (Wildman–Crippen LogP) is -0.306. The fourth-order valence-corrected chi connectivity index (χ4v) is 1.86. The number of carbonyl (C=O) groups excluding carboxylic acids is 2. The third-order valence-electron chi connectivity index (χ3n) is 3.56. The summed E-state index contributed by atoms with van der Waals surface area (Å²) in [5.74, 6) is -0.536. The molecule has 0 aromatic heterocycles. The van der Waals surface area contributed by atoms with E-state index < -0.39 is 5.41 Å². The Bertz CT molecular complexity index is 304. The Morgan fingerprint density at radius 3 is 2.31 bits per heavy atom. The molecule has 5 heteroatoms. The maximum atomic E-state index is 12.0. The lowest BCUT2D eigenvalue weighted by molar-refractivity contribution is -0.135. The van der Waals surface area contributed by atoms with Gasteiger partial charge in [0.2, 0.25) is 11.8 Å². The number of rotatable bonds is 3. The van der Waals surface area contributed by atoms with Crippen molar-refractivity contribution in [1.82, 2.24) is 4.90 Å². The molecule has 1 saturated heterocycles. The molecule has 92 valence electrons. The van der Waals surface area contributed by atoms with Gasteiger partial charge in [-0.05, 0) is 20.3 Å². The Balaban J connectivity index is 2.67. The Kier molecular flexibility index (Phi) is 3.57. The fourth-order valence-electron chi connectivity index (χ4n) is 1.86. The molecule has 0 bridgehead atoms. The molecule has 4 N–H and O–H groups in total. The van der Waals surface area contributed by atoms with Crippen LogP contribution < -0.4 is 11.5 Å². The van der Waals surface area contributed by atoms with E-state index in [1.165, 1.54) is 0 Å². The van der Waals surface area contributed by atoms with Crippen molar-refractivity contribution in [2.45, 2.75) is 33.2 Å². The molecular formula is C11H21N3O2. The number of hydrogen-bond acceptors (Lipinski definition) is 3. The van der Waals surface area contributed by atoms with Gasteiger partial charge in [-0.1, -0.05) is 6.92 Å². The van der Waals surface area contributed by atoms with Gasteiger partial charge in [0.05, 0.1) is 11.3 Å². The maximum Gasteiger partial charge on any atom is 0.226 e. The molecule has 16 heavy (non-hydrogen) atoms. The van der Waals surface area contributed by atoms with Crippen molar-refractivity contribution >= 4 is 11.8 Å². The summed E-state index contributed by atoms with van der Waals surface area (Å²) < 4.78 is 0. The smallest absolute Gasteiger partial charge is 0.226 e. The van der Waals surface area contributed by atoms with Crippen molar-refractivity contribution < 1.29 is 9.59 Å². The van der Waals surface area contributed by atoms with Crippen LogP contribution >= 0.6 is 0 Å². The fraction of sp³-hybridized carbons (Fsp3) is 0.818. The molecule has 0 aliphatic carbocycles. The monoisotopic (exact) mass is 227 g/mol.